The Balaban J connectivity index is 1.58. The molecule has 29 heavy (non-hydrogen) atoms. The summed E-state index contributed by atoms with van der Waals surface area (Å²) >= 11 is 0. The fraction of sp³-hybridized carbons (Fsp3) is 0.450. The number of urea groups is 1. The maximum atomic E-state index is 12.5. The van der Waals surface area contributed by atoms with Gasteiger partial charge in [0, 0.05) is 17.3 Å². The molecule has 156 valence electrons. The van der Waals surface area contributed by atoms with Gasteiger partial charge in [-0.05, 0) is 68.2 Å². The summed E-state index contributed by atoms with van der Waals surface area (Å²) in [6.07, 6.45) is 4.41. The number of hydrogen-bond acceptors (Lipinski definition) is 6. The Morgan fingerprint density at radius 3 is 2.66 bits per heavy atom. The van der Waals surface area contributed by atoms with Crippen LogP contribution in [0.3, 0.4) is 0 Å². The van der Waals surface area contributed by atoms with E-state index in [0.29, 0.717) is 18.5 Å². The highest BCUT2D eigenvalue weighted by Crippen LogP contribution is 2.42. The van der Waals surface area contributed by atoms with Crippen molar-refractivity contribution in [1.29, 1.82) is 0 Å². The van der Waals surface area contributed by atoms with Crippen LogP contribution in [0.25, 0.3) is 0 Å². The molecule has 0 spiro atoms. The quantitative estimate of drug-likeness (QED) is 0.601. The molecule has 2 amide bonds. The number of amides is 2. The minimum absolute atomic E-state index is 0.283. The van der Waals surface area contributed by atoms with Crippen molar-refractivity contribution in [3.63, 3.8) is 0 Å². The maximum absolute atomic E-state index is 12.5. The van der Waals surface area contributed by atoms with Gasteiger partial charge >= 0.3 is 6.03 Å². The summed E-state index contributed by atoms with van der Waals surface area (Å²) in [6, 6.07) is 2.30. The van der Waals surface area contributed by atoms with Gasteiger partial charge in [0.15, 0.2) is 0 Å². The van der Waals surface area contributed by atoms with Crippen LogP contribution >= 0.6 is 0 Å². The molecule has 0 aliphatic heterocycles. The number of benzene rings is 1. The number of nitrogens with one attached hydrogen (secondary N) is 2. The minimum Gasteiger partial charge on any atom is -0.451 e. The Morgan fingerprint density at radius 2 is 1.97 bits per heavy atom. The van der Waals surface area contributed by atoms with E-state index in [-0.39, 0.29) is 5.56 Å². The first-order chi connectivity index (χ1) is 13.6. The van der Waals surface area contributed by atoms with Gasteiger partial charge in [-0.25, -0.2) is 9.52 Å². The molecular weight excluding hydrogens is 396 g/mol. The standard InChI is InChI=1S/C20H24N2O6S/c1-20(2,25)12-9-17(28-10-12)29(26,27)22-19(24)21-18-13-5-3-4-11(13)8-15-14(18)6-7-16(15)23/h8-10,16,23,25H,3-7H2,1-2H3,(H2,21,22,24)/t16-/m1/s1. The van der Waals surface area contributed by atoms with E-state index >= 15 is 0 Å². The third-order valence-electron chi connectivity index (χ3n) is 5.58. The molecule has 1 aromatic heterocycles. The van der Waals surface area contributed by atoms with Crippen LogP contribution in [0.5, 0.6) is 0 Å². The van der Waals surface area contributed by atoms with Gasteiger partial charge in [-0.15, -0.1) is 0 Å². The molecule has 4 N–H and O–H groups in total. The number of aryl methyl sites for hydroxylation is 1. The van der Waals surface area contributed by atoms with Crippen molar-refractivity contribution in [3.05, 3.63) is 46.2 Å². The molecule has 1 heterocycles. The second kappa shape index (κ2) is 6.86. The molecule has 2 aliphatic rings. The van der Waals surface area contributed by atoms with Crippen LogP contribution in [0.2, 0.25) is 0 Å². The highest BCUT2D eigenvalue weighted by Gasteiger charge is 2.31. The lowest BCUT2D eigenvalue weighted by Gasteiger charge is -2.17. The minimum atomic E-state index is -4.25. The fourth-order valence-electron chi connectivity index (χ4n) is 4.06. The van der Waals surface area contributed by atoms with Gasteiger partial charge in [0.05, 0.1) is 18.0 Å². The van der Waals surface area contributed by atoms with Crippen LogP contribution in [-0.2, 0) is 34.9 Å². The van der Waals surface area contributed by atoms with E-state index in [4.69, 9.17) is 4.42 Å². The van der Waals surface area contributed by atoms with Crippen molar-refractivity contribution >= 4 is 21.7 Å². The summed E-state index contributed by atoms with van der Waals surface area (Å²) in [5, 5.41) is 22.4. The average Bonchev–Trinajstić information content (AvgIpc) is 3.33. The molecule has 8 nitrogen and oxygen atoms in total. The molecule has 0 unspecified atom stereocenters. The van der Waals surface area contributed by atoms with E-state index < -0.39 is 32.9 Å². The summed E-state index contributed by atoms with van der Waals surface area (Å²) < 4.78 is 32.0. The number of rotatable bonds is 4. The monoisotopic (exact) mass is 420 g/mol. The van der Waals surface area contributed by atoms with E-state index in [1.54, 1.807) is 0 Å². The highest BCUT2D eigenvalue weighted by molar-refractivity contribution is 7.89. The third-order valence-corrected chi connectivity index (χ3v) is 6.78. The molecule has 0 radical (unpaired) electrons. The van der Waals surface area contributed by atoms with Gasteiger partial charge in [-0.2, -0.15) is 8.42 Å². The van der Waals surface area contributed by atoms with E-state index in [0.717, 1.165) is 47.8 Å². The Kier molecular flexibility index (Phi) is 4.71. The molecule has 2 aromatic rings. The van der Waals surface area contributed by atoms with Gasteiger partial charge in [0.1, 0.15) is 0 Å². The van der Waals surface area contributed by atoms with Crippen molar-refractivity contribution in [2.24, 2.45) is 0 Å². The van der Waals surface area contributed by atoms with Crippen molar-refractivity contribution in [2.45, 2.75) is 62.7 Å². The van der Waals surface area contributed by atoms with Crippen LogP contribution in [-0.4, -0.2) is 24.7 Å². The van der Waals surface area contributed by atoms with Gasteiger partial charge in [0.25, 0.3) is 10.0 Å². The SMILES string of the molecule is CC(C)(O)c1coc(S(=O)(=O)NC(=O)Nc2c3c(cc4c2CC[C@H]4O)CCC3)c1. The topological polar surface area (TPSA) is 129 Å². The second-order valence-corrected chi connectivity index (χ2v) is 9.75. The molecule has 0 saturated heterocycles. The van der Waals surface area contributed by atoms with Crippen molar-refractivity contribution < 1.29 is 27.8 Å². The lowest BCUT2D eigenvalue weighted by atomic mass is 9.98. The Morgan fingerprint density at radius 1 is 1.21 bits per heavy atom. The second-order valence-electron chi connectivity index (χ2n) is 8.14. The smallest absolute Gasteiger partial charge is 0.333 e. The van der Waals surface area contributed by atoms with Crippen LogP contribution in [0, 0.1) is 0 Å². The summed E-state index contributed by atoms with van der Waals surface area (Å²) in [7, 11) is -4.25. The van der Waals surface area contributed by atoms with Crippen molar-refractivity contribution in [2.75, 3.05) is 5.32 Å². The lowest BCUT2D eigenvalue weighted by Crippen LogP contribution is -2.34. The molecule has 9 heteroatoms. The average molecular weight is 420 g/mol. The molecule has 0 saturated carbocycles. The molecule has 0 bridgehead atoms. The largest absolute Gasteiger partial charge is 0.451 e. The van der Waals surface area contributed by atoms with Crippen LogP contribution < -0.4 is 10.0 Å². The Bertz CT molecular complexity index is 1080. The van der Waals surface area contributed by atoms with Gasteiger partial charge in [0.2, 0.25) is 5.09 Å². The zero-order valence-electron chi connectivity index (χ0n) is 16.3. The predicted octanol–water partition coefficient (Wildman–Crippen LogP) is 2.49. The number of furan rings is 1. The summed E-state index contributed by atoms with van der Waals surface area (Å²) in [5.41, 5.74) is 3.39. The van der Waals surface area contributed by atoms with Crippen LogP contribution in [0.15, 0.2) is 27.9 Å². The van der Waals surface area contributed by atoms with Crippen LogP contribution in [0.4, 0.5) is 10.5 Å². The summed E-state index contributed by atoms with van der Waals surface area (Å²) in [6.45, 7) is 3.00. The first kappa shape index (κ1) is 19.9. The van der Waals surface area contributed by atoms with Gasteiger partial charge in [-0.1, -0.05) is 6.07 Å². The molecule has 1 atom stereocenters. The summed E-state index contributed by atoms with van der Waals surface area (Å²) in [4.78, 5) is 12.5. The number of aliphatic hydroxyl groups excluding tert-OH is 1. The predicted molar refractivity (Wildman–Crippen MR) is 105 cm³/mol. The number of carbonyl (C=O) groups excluding carboxylic acids is 1. The molecular formula is C20H24N2O6S. The van der Waals surface area contributed by atoms with Crippen molar-refractivity contribution in [1.82, 2.24) is 4.72 Å². The Labute approximate surface area is 169 Å². The van der Waals surface area contributed by atoms with Gasteiger partial charge in [-0.3, -0.25) is 0 Å². The van der Waals surface area contributed by atoms with Gasteiger partial charge < -0.3 is 19.9 Å². The third kappa shape index (κ3) is 3.65. The normalized spacial score (nSPS) is 18.4. The van der Waals surface area contributed by atoms with E-state index in [1.165, 1.54) is 19.9 Å². The first-order valence-corrected chi connectivity index (χ1v) is 11.1. The molecule has 1 aromatic carbocycles. The number of sulfonamides is 1. The zero-order chi connectivity index (χ0) is 21.0. The molecule has 0 fully saturated rings. The van der Waals surface area contributed by atoms with E-state index in [2.05, 4.69) is 5.32 Å². The number of hydrogen-bond donors (Lipinski definition) is 4. The highest BCUT2D eigenvalue weighted by atomic mass is 32.2. The van der Waals surface area contributed by atoms with E-state index in [9.17, 15) is 23.4 Å². The molecule has 2 aliphatic carbocycles. The molecule has 4 rings (SSSR count). The van der Waals surface area contributed by atoms with Crippen LogP contribution in [0.1, 0.15) is 60.6 Å². The summed E-state index contributed by atoms with van der Waals surface area (Å²) in [5.74, 6) is 0. The first-order valence-electron chi connectivity index (χ1n) is 9.57. The number of aliphatic hydroxyl groups is 2. The maximum Gasteiger partial charge on any atom is 0.333 e. The van der Waals surface area contributed by atoms with E-state index in [1.807, 2.05) is 10.8 Å². The zero-order valence-corrected chi connectivity index (χ0v) is 17.1. The number of fused-ring (bicyclic) bond motifs is 2. The Hall–Kier alpha value is -2.36. The number of carbonyl (C=O) groups is 1. The lowest BCUT2D eigenvalue weighted by molar-refractivity contribution is 0.0779. The fourth-order valence-corrected chi connectivity index (χ4v) is 4.91. The number of anilines is 1. The van der Waals surface area contributed by atoms with Crippen molar-refractivity contribution in [3.8, 4) is 0 Å².